The highest BCUT2D eigenvalue weighted by atomic mass is 19.4. The first kappa shape index (κ1) is 14.5. The van der Waals surface area contributed by atoms with Crippen LogP contribution in [-0.2, 0) is 18.3 Å². The van der Waals surface area contributed by atoms with Crippen LogP contribution in [0, 0.1) is 0 Å². The van der Waals surface area contributed by atoms with Gasteiger partial charge in [0.05, 0.1) is 13.1 Å². The van der Waals surface area contributed by atoms with Gasteiger partial charge >= 0.3 is 12.1 Å². The quantitative estimate of drug-likeness (QED) is 0.830. The van der Waals surface area contributed by atoms with Gasteiger partial charge in [0, 0.05) is 32.4 Å². The number of aryl methyl sites for hydroxylation is 1. The number of aliphatic carboxylic acids is 1. The highest BCUT2D eigenvalue weighted by Gasteiger charge is 2.31. The van der Waals surface area contributed by atoms with Crippen molar-refractivity contribution in [1.29, 1.82) is 0 Å². The van der Waals surface area contributed by atoms with Crippen LogP contribution >= 0.6 is 0 Å². The number of imidazole rings is 1. The number of carboxylic acids is 1. The summed E-state index contributed by atoms with van der Waals surface area (Å²) < 4.78 is 38.4. The highest BCUT2D eigenvalue weighted by molar-refractivity contribution is 5.69. The molecule has 0 aliphatic carbocycles. The van der Waals surface area contributed by atoms with Gasteiger partial charge in [-0.1, -0.05) is 0 Å². The van der Waals surface area contributed by atoms with Gasteiger partial charge in [-0.05, 0) is 0 Å². The molecule has 0 aliphatic rings. The molecule has 0 aromatic carbocycles. The molecule has 0 fully saturated rings. The molecule has 1 heterocycles. The number of carboxylic acid groups (broad SMARTS) is 1. The summed E-state index contributed by atoms with van der Waals surface area (Å²) in [6.07, 6.45) is -0.912. The molecule has 1 aromatic rings. The van der Waals surface area contributed by atoms with E-state index in [9.17, 15) is 18.0 Å². The molecule has 1 N–H and O–H groups in total. The van der Waals surface area contributed by atoms with Crippen molar-refractivity contribution < 1.29 is 23.1 Å². The van der Waals surface area contributed by atoms with Gasteiger partial charge in [0.1, 0.15) is 5.82 Å². The minimum absolute atomic E-state index is 0.00331. The molecule has 0 spiro atoms. The lowest BCUT2D eigenvalue weighted by Crippen LogP contribution is -2.39. The lowest BCUT2D eigenvalue weighted by atomic mass is 10.3. The molecule has 0 amide bonds. The zero-order valence-electron chi connectivity index (χ0n) is 9.81. The number of rotatable bonds is 6. The van der Waals surface area contributed by atoms with Gasteiger partial charge in [-0.3, -0.25) is 9.69 Å². The fourth-order valence-electron chi connectivity index (χ4n) is 1.55. The molecule has 0 aliphatic heterocycles. The van der Waals surface area contributed by atoms with Gasteiger partial charge < -0.3 is 9.67 Å². The topological polar surface area (TPSA) is 58.4 Å². The number of halogens is 3. The number of carbonyl (C=O) groups is 1. The van der Waals surface area contributed by atoms with E-state index in [0.29, 0.717) is 5.82 Å². The maximum absolute atomic E-state index is 12.2. The lowest BCUT2D eigenvalue weighted by molar-refractivity contribution is -0.153. The van der Waals surface area contributed by atoms with E-state index in [1.54, 1.807) is 24.0 Å². The second kappa shape index (κ2) is 5.85. The molecule has 0 unspecified atom stereocenters. The van der Waals surface area contributed by atoms with Gasteiger partial charge in [0.2, 0.25) is 0 Å². The van der Waals surface area contributed by atoms with Crippen molar-refractivity contribution in [2.45, 2.75) is 12.6 Å². The van der Waals surface area contributed by atoms with Crippen LogP contribution in [0.2, 0.25) is 0 Å². The summed E-state index contributed by atoms with van der Waals surface area (Å²) in [6, 6.07) is 0. The van der Waals surface area contributed by atoms with Crippen LogP contribution in [0.15, 0.2) is 12.4 Å². The van der Waals surface area contributed by atoms with Crippen molar-refractivity contribution in [3.8, 4) is 0 Å². The average Bonchev–Trinajstić information content (AvgIpc) is 2.57. The molecule has 1 rings (SSSR count). The van der Waals surface area contributed by atoms with Crippen molar-refractivity contribution in [1.82, 2.24) is 14.5 Å². The average molecular weight is 265 g/mol. The molecule has 102 valence electrons. The van der Waals surface area contributed by atoms with E-state index in [0.717, 1.165) is 4.90 Å². The van der Waals surface area contributed by atoms with E-state index in [1.807, 2.05) is 0 Å². The first-order chi connectivity index (χ1) is 8.28. The van der Waals surface area contributed by atoms with Crippen LogP contribution in [-0.4, -0.2) is 51.3 Å². The second-order valence-electron chi connectivity index (χ2n) is 3.92. The molecule has 0 saturated carbocycles. The Hall–Kier alpha value is -1.57. The zero-order chi connectivity index (χ0) is 13.8. The third-order valence-corrected chi connectivity index (χ3v) is 2.33. The predicted octanol–water partition coefficient (Wildman–Crippen LogP) is 0.911. The Balaban J connectivity index is 2.56. The van der Waals surface area contributed by atoms with Gasteiger partial charge in [-0.25, -0.2) is 4.98 Å². The molecule has 0 bridgehead atoms. The van der Waals surface area contributed by atoms with Gasteiger partial charge in [0.15, 0.2) is 0 Å². The molecule has 0 radical (unpaired) electrons. The van der Waals surface area contributed by atoms with E-state index >= 15 is 0 Å². The minimum Gasteiger partial charge on any atom is -0.480 e. The van der Waals surface area contributed by atoms with Crippen molar-refractivity contribution in [3.63, 3.8) is 0 Å². The SMILES string of the molecule is Cn1ccnc1CCN(CC(=O)O)CC(F)(F)F. The Bertz CT molecular complexity index is 403. The van der Waals surface area contributed by atoms with Crippen LogP contribution in [0.3, 0.4) is 0 Å². The van der Waals surface area contributed by atoms with E-state index in [1.165, 1.54) is 0 Å². The number of alkyl halides is 3. The number of aromatic nitrogens is 2. The van der Waals surface area contributed by atoms with E-state index in [-0.39, 0.29) is 13.0 Å². The predicted molar refractivity (Wildman–Crippen MR) is 57.0 cm³/mol. The van der Waals surface area contributed by atoms with Crippen LogP contribution in [0.5, 0.6) is 0 Å². The Kier molecular flexibility index (Phi) is 4.71. The second-order valence-corrected chi connectivity index (χ2v) is 3.92. The molecule has 5 nitrogen and oxygen atoms in total. The summed E-state index contributed by atoms with van der Waals surface area (Å²) in [4.78, 5) is 15.3. The van der Waals surface area contributed by atoms with Crippen molar-refractivity contribution >= 4 is 5.97 Å². The standard InChI is InChI=1S/C10H14F3N3O2/c1-15-5-3-14-8(15)2-4-16(6-9(17)18)7-10(11,12)13/h3,5H,2,4,6-7H2,1H3,(H,17,18). The smallest absolute Gasteiger partial charge is 0.401 e. The van der Waals surface area contributed by atoms with Crippen molar-refractivity contribution in [3.05, 3.63) is 18.2 Å². The molecule has 0 saturated heterocycles. The summed E-state index contributed by atoms with van der Waals surface area (Å²) >= 11 is 0. The number of hydrogen-bond donors (Lipinski definition) is 1. The third-order valence-electron chi connectivity index (χ3n) is 2.33. The van der Waals surface area contributed by atoms with E-state index in [4.69, 9.17) is 5.11 Å². The Morgan fingerprint density at radius 3 is 2.67 bits per heavy atom. The minimum atomic E-state index is -4.41. The summed E-state index contributed by atoms with van der Waals surface area (Å²) in [5.41, 5.74) is 0. The lowest BCUT2D eigenvalue weighted by Gasteiger charge is -2.21. The van der Waals surface area contributed by atoms with Crippen LogP contribution in [0.25, 0.3) is 0 Å². The summed E-state index contributed by atoms with van der Waals surface area (Å²) in [5, 5.41) is 8.56. The first-order valence-electron chi connectivity index (χ1n) is 5.25. The normalized spacial score (nSPS) is 12.1. The van der Waals surface area contributed by atoms with Gasteiger partial charge in [0.25, 0.3) is 0 Å². The molecule has 0 atom stereocenters. The largest absolute Gasteiger partial charge is 0.480 e. The fraction of sp³-hybridized carbons (Fsp3) is 0.600. The summed E-state index contributed by atoms with van der Waals surface area (Å²) in [5.74, 6) is -0.661. The maximum atomic E-state index is 12.2. The van der Waals surface area contributed by atoms with Crippen LogP contribution in [0.4, 0.5) is 13.2 Å². The highest BCUT2D eigenvalue weighted by Crippen LogP contribution is 2.16. The zero-order valence-corrected chi connectivity index (χ0v) is 9.81. The van der Waals surface area contributed by atoms with E-state index < -0.39 is 25.2 Å². The summed E-state index contributed by atoms with van der Waals surface area (Å²) in [7, 11) is 1.73. The number of hydrogen-bond acceptors (Lipinski definition) is 3. The maximum Gasteiger partial charge on any atom is 0.401 e. The first-order valence-corrected chi connectivity index (χ1v) is 5.25. The third kappa shape index (κ3) is 5.17. The molecule has 18 heavy (non-hydrogen) atoms. The number of nitrogens with zero attached hydrogens (tertiary/aromatic N) is 3. The Morgan fingerprint density at radius 2 is 2.22 bits per heavy atom. The van der Waals surface area contributed by atoms with Crippen LogP contribution < -0.4 is 0 Å². The van der Waals surface area contributed by atoms with Crippen molar-refractivity contribution in [2.75, 3.05) is 19.6 Å². The Morgan fingerprint density at radius 1 is 1.56 bits per heavy atom. The Labute approximate surface area is 102 Å². The molecule has 8 heteroatoms. The fourth-order valence-corrected chi connectivity index (χ4v) is 1.55. The van der Waals surface area contributed by atoms with Gasteiger partial charge in [-0.2, -0.15) is 13.2 Å². The van der Waals surface area contributed by atoms with E-state index in [2.05, 4.69) is 4.98 Å². The summed E-state index contributed by atoms with van der Waals surface area (Å²) in [6.45, 7) is -1.87. The molecular weight excluding hydrogens is 251 g/mol. The monoisotopic (exact) mass is 265 g/mol. The van der Waals surface area contributed by atoms with Crippen molar-refractivity contribution in [2.24, 2.45) is 7.05 Å². The molecule has 1 aromatic heterocycles. The molecular formula is C10H14F3N3O2. The van der Waals surface area contributed by atoms with Gasteiger partial charge in [-0.15, -0.1) is 0 Å². The van der Waals surface area contributed by atoms with Crippen LogP contribution in [0.1, 0.15) is 5.82 Å².